The zero-order valence-corrected chi connectivity index (χ0v) is 11.5. The predicted octanol–water partition coefficient (Wildman–Crippen LogP) is 1.78. The molecule has 2 rings (SSSR count). The van der Waals surface area contributed by atoms with E-state index in [0.29, 0.717) is 19.4 Å². The summed E-state index contributed by atoms with van der Waals surface area (Å²) in [5.41, 5.74) is 0.679. The summed E-state index contributed by atoms with van der Waals surface area (Å²) in [4.78, 5) is 26.8. The van der Waals surface area contributed by atoms with Crippen molar-refractivity contribution in [1.29, 1.82) is 0 Å². The molecule has 0 bridgehead atoms. The highest BCUT2D eigenvalue weighted by atomic mass is 16.4. The van der Waals surface area contributed by atoms with E-state index in [1.165, 1.54) is 0 Å². The Bertz CT molecular complexity index is 469. The lowest BCUT2D eigenvalue weighted by atomic mass is 9.66. The minimum atomic E-state index is -0.785. The van der Waals surface area contributed by atoms with Crippen LogP contribution in [0.4, 0.5) is 0 Å². The fourth-order valence-corrected chi connectivity index (χ4v) is 2.58. The lowest BCUT2D eigenvalue weighted by Crippen LogP contribution is -2.43. The van der Waals surface area contributed by atoms with Crippen molar-refractivity contribution in [3.8, 4) is 0 Å². The summed E-state index contributed by atoms with van der Waals surface area (Å²) in [7, 11) is 0. The molecular formula is C15H20N2O3. The van der Waals surface area contributed by atoms with Gasteiger partial charge in [-0.1, -0.05) is 12.5 Å². The maximum Gasteiger partial charge on any atom is 0.303 e. The number of aliphatic carboxylic acids is 1. The molecule has 1 heterocycles. The number of amides is 1. The molecule has 1 aromatic rings. The van der Waals surface area contributed by atoms with Crippen LogP contribution in [0.2, 0.25) is 0 Å². The molecule has 1 fully saturated rings. The summed E-state index contributed by atoms with van der Waals surface area (Å²) in [5, 5.41) is 11.8. The first-order valence-corrected chi connectivity index (χ1v) is 6.98. The van der Waals surface area contributed by atoms with Gasteiger partial charge in [0.1, 0.15) is 0 Å². The van der Waals surface area contributed by atoms with Gasteiger partial charge in [0.25, 0.3) is 0 Å². The maximum absolute atomic E-state index is 11.8. The van der Waals surface area contributed by atoms with Gasteiger partial charge in [-0.3, -0.25) is 14.6 Å². The number of rotatable bonds is 7. The van der Waals surface area contributed by atoms with Crippen molar-refractivity contribution in [2.24, 2.45) is 5.41 Å². The van der Waals surface area contributed by atoms with Gasteiger partial charge in [-0.05, 0) is 36.8 Å². The molecule has 0 unspecified atom stereocenters. The number of nitrogens with zero attached hydrogens (tertiary/aromatic N) is 1. The van der Waals surface area contributed by atoms with Crippen LogP contribution < -0.4 is 5.32 Å². The lowest BCUT2D eigenvalue weighted by Gasteiger charge is -2.40. The van der Waals surface area contributed by atoms with Gasteiger partial charge in [-0.15, -0.1) is 0 Å². The number of aromatic nitrogens is 1. The Labute approximate surface area is 118 Å². The molecule has 0 atom stereocenters. The van der Waals surface area contributed by atoms with Crippen molar-refractivity contribution in [1.82, 2.24) is 10.3 Å². The Kier molecular flexibility index (Phi) is 4.71. The van der Waals surface area contributed by atoms with Crippen molar-refractivity contribution in [3.63, 3.8) is 0 Å². The summed E-state index contributed by atoms with van der Waals surface area (Å²) >= 11 is 0. The van der Waals surface area contributed by atoms with Gasteiger partial charge in [0.05, 0.1) is 6.42 Å². The summed E-state index contributed by atoms with van der Waals surface area (Å²) < 4.78 is 0. The van der Waals surface area contributed by atoms with Gasteiger partial charge >= 0.3 is 5.97 Å². The molecule has 5 heteroatoms. The molecule has 5 nitrogen and oxygen atoms in total. The number of hydrogen-bond donors (Lipinski definition) is 2. The molecule has 108 valence electrons. The number of carbonyl (C=O) groups excluding carboxylic acids is 1. The van der Waals surface area contributed by atoms with E-state index in [-0.39, 0.29) is 17.7 Å². The summed E-state index contributed by atoms with van der Waals surface area (Å²) in [6.45, 7) is 0.473. The monoisotopic (exact) mass is 276 g/mol. The highest BCUT2D eigenvalue weighted by Gasteiger charge is 2.39. The SMILES string of the molecule is O=C(O)CC1(CNC(=O)CCc2ccccn2)CCC1. The zero-order valence-electron chi connectivity index (χ0n) is 11.5. The number of carboxylic acid groups (broad SMARTS) is 1. The standard InChI is InChI=1S/C15H20N2O3/c18-13(6-5-12-4-1-2-9-16-12)17-11-15(7-3-8-15)10-14(19)20/h1-2,4,9H,3,5-8,10-11H2,(H,17,18)(H,19,20). The Morgan fingerprint density at radius 3 is 2.70 bits per heavy atom. The van der Waals surface area contributed by atoms with Crippen LogP contribution in [-0.4, -0.2) is 28.5 Å². The average Bonchev–Trinajstić information content (AvgIpc) is 2.40. The first kappa shape index (κ1) is 14.5. The van der Waals surface area contributed by atoms with E-state index in [1.807, 2.05) is 18.2 Å². The molecule has 1 aliphatic carbocycles. The van der Waals surface area contributed by atoms with E-state index < -0.39 is 5.97 Å². The molecule has 1 amide bonds. The van der Waals surface area contributed by atoms with Crippen molar-refractivity contribution in [2.45, 2.75) is 38.5 Å². The first-order valence-electron chi connectivity index (χ1n) is 6.98. The van der Waals surface area contributed by atoms with E-state index in [9.17, 15) is 9.59 Å². The molecule has 2 N–H and O–H groups in total. The number of carboxylic acids is 1. The maximum atomic E-state index is 11.8. The minimum Gasteiger partial charge on any atom is -0.481 e. The van der Waals surface area contributed by atoms with E-state index in [2.05, 4.69) is 10.3 Å². The zero-order chi connectivity index (χ0) is 14.4. The molecule has 1 saturated carbocycles. The van der Waals surface area contributed by atoms with E-state index in [4.69, 9.17) is 5.11 Å². The largest absolute Gasteiger partial charge is 0.481 e. The Morgan fingerprint density at radius 1 is 1.35 bits per heavy atom. The van der Waals surface area contributed by atoms with E-state index >= 15 is 0 Å². The van der Waals surface area contributed by atoms with E-state index in [0.717, 1.165) is 25.0 Å². The van der Waals surface area contributed by atoms with Gasteiger partial charge in [0.2, 0.25) is 5.91 Å². The normalized spacial score (nSPS) is 16.2. The first-order chi connectivity index (χ1) is 9.60. The number of carbonyl (C=O) groups is 2. The fourth-order valence-electron chi connectivity index (χ4n) is 2.58. The van der Waals surface area contributed by atoms with Gasteiger partial charge in [0.15, 0.2) is 0 Å². The smallest absolute Gasteiger partial charge is 0.303 e. The van der Waals surface area contributed by atoms with Gasteiger partial charge in [-0.25, -0.2) is 0 Å². The Hall–Kier alpha value is -1.91. The van der Waals surface area contributed by atoms with Crippen LogP contribution in [0.25, 0.3) is 0 Å². The number of pyridine rings is 1. The molecule has 1 aliphatic rings. The quantitative estimate of drug-likeness (QED) is 0.795. The predicted molar refractivity (Wildman–Crippen MR) is 74.1 cm³/mol. The molecule has 20 heavy (non-hydrogen) atoms. The molecule has 0 aliphatic heterocycles. The lowest BCUT2D eigenvalue weighted by molar-refractivity contribution is -0.141. The van der Waals surface area contributed by atoms with Crippen LogP contribution >= 0.6 is 0 Å². The van der Waals surface area contributed by atoms with Crippen LogP contribution in [0.5, 0.6) is 0 Å². The summed E-state index contributed by atoms with van der Waals surface area (Å²) in [6, 6.07) is 5.64. The molecule has 0 aromatic carbocycles. The second kappa shape index (κ2) is 6.50. The highest BCUT2D eigenvalue weighted by Crippen LogP contribution is 2.43. The molecule has 0 spiro atoms. The third-order valence-corrected chi connectivity index (χ3v) is 3.94. The average molecular weight is 276 g/mol. The Morgan fingerprint density at radius 2 is 2.15 bits per heavy atom. The van der Waals surface area contributed by atoms with E-state index in [1.54, 1.807) is 6.20 Å². The van der Waals surface area contributed by atoms with Crippen molar-refractivity contribution in [3.05, 3.63) is 30.1 Å². The third kappa shape index (κ3) is 4.05. The van der Waals surface area contributed by atoms with Gasteiger partial charge in [0, 0.05) is 24.9 Å². The van der Waals surface area contributed by atoms with Crippen LogP contribution in [0.1, 0.15) is 37.8 Å². The van der Waals surface area contributed by atoms with Crippen LogP contribution in [-0.2, 0) is 16.0 Å². The van der Waals surface area contributed by atoms with Crippen LogP contribution in [0, 0.1) is 5.41 Å². The highest BCUT2D eigenvalue weighted by molar-refractivity contribution is 5.76. The van der Waals surface area contributed by atoms with Crippen molar-refractivity contribution < 1.29 is 14.7 Å². The molecule has 0 radical (unpaired) electrons. The summed E-state index contributed by atoms with van der Waals surface area (Å²) in [6.07, 6.45) is 5.69. The topological polar surface area (TPSA) is 79.3 Å². The fraction of sp³-hybridized carbons (Fsp3) is 0.533. The number of nitrogens with one attached hydrogen (secondary N) is 1. The third-order valence-electron chi connectivity index (χ3n) is 3.94. The van der Waals surface area contributed by atoms with Crippen molar-refractivity contribution >= 4 is 11.9 Å². The molecule has 1 aromatic heterocycles. The number of aryl methyl sites for hydroxylation is 1. The van der Waals surface area contributed by atoms with Crippen LogP contribution in [0.3, 0.4) is 0 Å². The van der Waals surface area contributed by atoms with Gasteiger partial charge < -0.3 is 10.4 Å². The second-order valence-corrected chi connectivity index (χ2v) is 5.52. The molecular weight excluding hydrogens is 256 g/mol. The second-order valence-electron chi connectivity index (χ2n) is 5.52. The molecule has 0 saturated heterocycles. The Balaban J connectivity index is 1.73. The number of hydrogen-bond acceptors (Lipinski definition) is 3. The summed E-state index contributed by atoms with van der Waals surface area (Å²) in [5.74, 6) is -0.820. The van der Waals surface area contributed by atoms with Crippen LogP contribution in [0.15, 0.2) is 24.4 Å². The van der Waals surface area contributed by atoms with Crippen molar-refractivity contribution in [2.75, 3.05) is 6.54 Å². The van der Waals surface area contributed by atoms with Gasteiger partial charge in [-0.2, -0.15) is 0 Å². The minimum absolute atomic E-state index is 0.0349.